The number of ketones is 1. The summed E-state index contributed by atoms with van der Waals surface area (Å²) in [6, 6.07) is 16.2. The number of ether oxygens (including phenoxy) is 3. The molecular weight excluding hydrogens is 390 g/mol. The van der Waals surface area contributed by atoms with E-state index in [2.05, 4.69) is 35.6 Å². The van der Waals surface area contributed by atoms with Crippen LogP contribution in [-0.2, 0) is 4.79 Å². The minimum atomic E-state index is -0.273. The van der Waals surface area contributed by atoms with Gasteiger partial charge in [-0.15, -0.1) is 0 Å². The van der Waals surface area contributed by atoms with Gasteiger partial charge in [0.1, 0.15) is 0 Å². The van der Waals surface area contributed by atoms with Crippen molar-refractivity contribution in [3.63, 3.8) is 0 Å². The van der Waals surface area contributed by atoms with Crippen LogP contribution in [0.1, 0.15) is 36.4 Å². The van der Waals surface area contributed by atoms with Gasteiger partial charge in [-0.1, -0.05) is 30.3 Å². The molecule has 158 valence electrons. The van der Waals surface area contributed by atoms with Crippen LogP contribution < -0.4 is 19.5 Å². The van der Waals surface area contributed by atoms with Crippen molar-refractivity contribution in [3.8, 4) is 17.2 Å². The third kappa shape index (κ3) is 3.03. The molecule has 1 N–H and O–H groups in total. The minimum absolute atomic E-state index is 0.200. The van der Waals surface area contributed by atoms with Crippen LogP contribution in [0.25, 0.3) is 16.3 Å². The molecule has 0 aromatic heterocycles. The van der Waals surface area contributed by atoms with Gasteiger partial charge in [0, 0.05) is 23.2 Å². The second-order valence-electron chi connectivity index (χ2n) is 7.91. The smallest absolute Gasteiger partial charge is 0.203 e. The molecule has 1 unspecified atom stereocenters. The second-order valence-corrected chi connectivity index (χ2v) is 7.91. The summed E-state index contributed by atoms with van der Waals surface area (Å²) in [4.78, 5) is 13.2. The van der Waals surface area contributed by atoms with Crippen LogP contribution in [0.4, 0.5) is 5.69 Å². The number of carbonyl (C=O) groups is 1. The van der Waals surface area contributed by atoms with Gasteiger partial charge < -0.3 is 19.5 Å². The summed E-state index contributed by atoms with van der Waals surface area (Å²) in [5, 5.41) is 6.00. The van der Waals surface area contributed by atoms with E-state index in [1.807, 2.05) is 18.2 Å². The SMILES string of the molecule is COc1cc(C2Nc3ccc4ccccc4c3C3=C2C(=O)CCC3)cc(OC)c1OC. The highest BCUT2D eigenvalue weighted by Gasteiger charge is 2.35. The van der Waals surface area contributed by atoms with Crippen molar-refractivity contribution in [2.24, 2.45) is 0 Å². The number of rotatable bonds is 4. The van der Waals surface area contributed by atoms with E-state index in [4.69, 9.17) is 14.2 Å². The van der Waals surface area contributed by atoms with Crippen LogP contribution in [-0.4, -0.2) is 27.1 Å². The Labute approximate surface area is 181 Å². The van der Waals surface area contributed by atoms with E-state index in [1.54, 1.807) is 21.3 Å². The molecule has 5 heteroatoms. The van der Waals surface area contributed by atoms with E-state index in [1.165, 1.54) is 10.8 Å². The van der Waals surface area contributed by atoms with Gasteiger partial charge in [0.2, 0.25) is 5.75 Å². The first-order valence-corrected chi connectivity index (χ1v) is 10.5. The largest absolute Gasteiger partial charge is 0.493 e. The van der Waals surface area contributed by atoms with Crippen LogP contribution in [0.3, 0.4) is 0 Å². The number of hydrogen-bond donors (Lipinski definition) is 1. The number of allylic oxidation sites excluding steroid dienone is 1. The third-order valence-electron chi connectivity index (χ3n) is 6.30. The van der Waals surface area contributed by atoms with Crippen molar-refractivity contribution in [1.82, 2.24) is 0 Å². The van der Waals surface area contributed by atoms with E-state index in [0.717, 1.165) is 40.8 Å². The standard InChI is InChI=1S/C26H25NO4/c1-29-21-13-16(14-22(30-2)26(21)31-3)25-24-18(9-6-10-20(24)28)23-17-8-5-4-7-15(17)11-12-19(23)27-25/h4-5,7-8,11-14,25,27H,6,9-10H2,1-3H3. The lowest BCUT2D eigenvalue weighted by molar-refractivity contribution is -0.116. The molecule has 3 aromatic rings. The molecule has 1 aliphatic carbocycles. The number of Topliss-reactive ketones (excluding diaryl/α,β-unsaturated/α-hetero) is 1. The fourth-order valence-electron chi connectivity index (χ4n) is 4.92. The highest BCUT2D eigenvalue weighted by molar-refractivity contribution is 6.12. The lowest BCUT2D eigenvalue weighted by Crippen LogP contribution is -2.27. The highest BCUT2D eigenvalue weighted by atomic mass is 16.5. The van der Waals surface area contributed by atoms with Gasteiger partial charge in [0.25, 0.3) is 0 Å². The zero-order chi connectivity index (χ0) is 21.5. The third-order valence-corrected chi connectivity index (χ3v) is 6.30. The van der Waals surface area contributed by atoms with Crippen LogP contribution >= 0.6 is 0 Å². The number of nitrogens with one attached hydrogen (secondary N) is 1. The summed E-state index contributed by atoms with van der Waals surface area (Å²) in [5.41, 5.74) is 5.12. The Bertz CT molecular complexity index is 1200. The van der Waals surface area contributed by atoms with Crippen molar-refractivity contribution < 1.29 is 19.0 Å². The first kappa shape index (κ1) is 19.5. The van der Waals surface area contributed by atoms with Crippen LogP contribution in [0.15, 0.2) is 54.1 Å². The van der Waals surface area contributed by atoms with Crippen molar-refractivity contribution >= 4 is 27.8 Å². The Morgan fingerprint density at radius 1 is 0.903 bits per heavy atom. The van der Waals surface area contributed by atoms with Gasteiger partial charge in [-0.25, -0.2) is 0 Å². The van der Waals surface area contributed by atoms with Crippen LogP contribution in [0.2, 0.25) is 0 Å². The molecule has 1 heterocycles. The Hall–Kier alpha value is -3.47. The molecule has 0 bridgehead atoms. The molecule has 31 heavy (non-hydrogen) atoms. The minimum Gasteiger partial charge on any atom is -0.493 e. The number of methoxy groups -OCH3 is 3. The molecule has 0 spiro atoms. The van der Waals surface area contributed by atoms with E-state index in [9.17, 15) is 4.79 Å². The molecule has 1 atom stereocenters. The van der Waals surface area contributed by atoms with Gasteiger partial charge in [-0.2, -0.15) is 0 Å². The van der Waals surface area contributed by atoms with Crippen molar-refractivity contribution in [3.05, 3.63) is 65.2 Å². The molecular formula is C26H25NO4. The first-order valence-electron chi connectivity index (χ1n) is 10.5. The van der Waals surface area contributed by atoms with Gasteiger partial charge in [0.15, 0.2) is 17.3 Å². The zero-order valence-electron chi connectivity index (χ0n) is 18.0. The van der Waals surface area contributed by atoms with Gasteiger partial charge in [-0.3, -0.25) is 4.79 Å². The quantitative estimate of drug-likeness (QED) is 0.606. The molecule has 3 aromatic carbocycles. The predicted octanol–water partition coefficient (Wildman–Crippen LogP) is 5.54. The molecule has 0 amide bonds. The number of anilines is 1. The fourth-order valence-corrected chi connectivity index (χ4v) is 4.92. The Morgan fingerprint density at radius 2 is 1.65 bits per heavy atom. The topological polar surface area (TPSA) is 56.8 Å². The Kier molecular flexibility index (Phi) is 4.81. The highest BCUT2D eigenvalue weighted by Crippen LogP contribution is 2.49. The zero-order valence-corrected chi connectivity index (χ0v) is 18.0. The summed E-state index contributed by atoms with van der Waals surface area (Å²) in [7, 11) is 4.80. The summed E-state index contributed by atoms with van der Waals surface area (Å²) in [6.45, 7) is 0. The summed E-state index contributed by atoms with van der Waals surface area (Å²) >= 11 is 0. The van der Waals surface area contributed by atoms with Crippen molar-refractivity contribution in [1.29, 1.82) is 0 Å². The number of hydrogen-bond acceptors (Lipinski definition) is 5. The van der Waals surface area contributed by atoms with Gasteiger partial charge in [-0.05, 0) is 52.9 Å². The maximum atomic E-state index is 13.2. The summed E-state index contributed by atoms with van der Waals surface area (Å²) < 4.78 is 16.6. The molecule has 0 saturated carbocycles. The maximum Gasteiger partial charge on any atom is 0.203 e. The maximum absolute atomic E-state index is 13.2. The molecule has 1 aliphatic heterocycles. The van der Waals surface area contributed by atoms with Crippen molar-refractivity contribution in [2.45, 2.75) is 25.3 Å². The Balaban J connectivity index is 1.75. The average molecular weight is 415 g/mol. The summed E-state index contributed by atoms with van der Waals surface area (Å²) in [5.74, 6) is 1.90. The molecule has 0 fully saturated rings. The van der Waals surface area contributed by atoms with E-state index >= 15 is 0 Å². The van der Waals surface area contributed by atoms with E-state index in [-0.39, 0.29) is 11.8 Å². The number of benzene rings is 3. The lowest BCUT2D eigenvalue weighted by Gasteiger charge is -2.35. The lowest BCUT2D eigenvalue weighted by atomic mass is 9.76. The van der Waals surface area contributed by atoms with E-state index < -0.39 is 0 Å². The molecule has 0 radical (unpaired) electrons. The predicted molar refractivity (Wildman–Crippen MR) is 122 cm³/mol. The van der Waals surface area contributed by atoms with E-state index in [0.29, 0.717) is 23.7 Å². The summed E-state index contributed by atoms with van der Waals surface area (Å²) in [6.07, 6.45) is 2.34. The molecule has 5 nitrogen and oxygen atoms in total. The normalized spacial score (nSPS) is 17.6. The molecule has 2 aliphatic rings. The van der Waals surface area contributed by atoms with Crippen LogP contribution in [0.5, 0.6) is 17.2 Å². The fraction of sp³-hybridized carbons (Fsp3) is 0.269. The number of fused-ring (bicyclic) bond motifs is 4. The average Bonchev–Trinajstić information content (AvgIpc) is 2.82. The van der Waals surface area contributed by atoms with Crippen LogP contribution in [0, 0.1) is 0 Å². The molecule has 5 rings (SSSR count). The first-order chi connectivity index (χ1) is 15.2. The van der Waals surface area contributed by atoms with Gasteiger partial charge in [0.05, 0.1) is 27.4 Å². The second kappa shape index (κ2) is 7.65. The Morgan fingerprint density at radius 3 is 2.35 bits per heavy atom. The molecule has 0 saturated heterocycles. The monoisotopic (exact) mass is 415 g/mol. The van der Waals surface area contributed by atoms with Crippen molar-refractivity contribution in [2.75, 3.05) is 26.6 Å². The van der Waals surface area contributed by atoms with Gasteiger partial charge >= 0.3 is 0 Å². The number of carbonyl (C=O) groups excluding carboxylic acids is 1.